The van der Waals surface area contributed by atoms with E-state index in [0.717, 1.165) is 5.56 Å². The molecule has 13 heavy (non-hydrogen) atoms. The van der Waals surface area contributed by atoms with Crippen LogP contribution in [0.1, 0.15) is 15.9 Å². The zero-order chi connectivity index (χ0) is 9.68. The van der Waals surface area contributed by atoms with Gasteiger partial charge >= 0.3 is 0 Å². The topological polar surface area (TPSA) is 38.3 Å². The minimum absolute atomic E-state index is 0.258. The quantitative estimate of drug-likeness (QED) is 0.712. The van der Waals surface area contributed by atoms with Gasteiger partial charge in [0.15, 0.2) is 0 Å². The van der Waals surface area contributed by atoms with Gasteiger partial charge in [-0.2, -0.15) is 0 Å². The van der Waals surface area contributed by atoms with Crippen LogP contribution in [-0.2, 0) is 4.84 Å². The second-order valence-corrected chi connectivity index (χ2v) is 2.46. The van der Waals surface area contributed by atoms with E-state index in [9.17, 15) is 4.79 Å². The van der Waals surface area contributed by atoms with Crippen molar-refractivity contribution in [3.63, 3.8) is 0 Å². The highest BCUT2D eigenvalue weighted by atomic mass is 16.6. The van der Waals surface area contributed by atoms with Gasteiger partial charge in [0.05, 0.1) is 7.11 Å². The van der Waals surface area contributed by atoms with Crippen LogP contribution < -0.4 is 5.48 Å². The molecule has 0 aliphatic rings. The number of amides is 1. The molecule has 0 heterocycles. The van der Waals surface area contributed by atoms with Crippen LogP contribution in [0.5, 0.6) is 0 Å². The average Bonchev–Trinajstić information content (AvgIpc) is 2.18. The summed E-state index contributed by atoms with van der Waals surface area (Å²) in [6.45, 7) is 3.61. The van der Waals surface area contributed by atoms with Gasteiger partial charge in [-0.25, -0.2) is 5.48 Å². The van der Waals surface area contributed by atoms with E-state index in [2.05, 4.69) is 16.9 Å². The summed E-state index contributed by atoms with van der Waals surface area (Å²) in [5, 5.41) is 0. The molecule has 3 nitrogen and oxygen atoms in total. The van der Waals surface area contributed by atoms with Gasteiger partial charge in [-0.1, -0.05) is 24.8 Å². The normalized spacial score (nSPS) is 9.31. The van der Waals surface area contributed by atoms with Crippen molar-refractivity contribution in [1.29, 1.82) is 0 Å². The molecule has 0 unspecified atom stereocenters. The molecule has 0 bridgehead atoms. The van der Waals surface area contributed by atoms with Gasteiger partial charge in [-0.3, -0.25) is 9.63 Å². The molecule has 0 aliphatic carbocycles. The third-order valence-electron chi connectivity index (χ3n) is 1.58. The van der Waals surface area contributed by atoms with E-state index in [1.807, 2.05) is 6.07 Å². The minimum Gasteiger partial charge on any atom is -0.277 e. The first kappa shape index (κ1) is 9.48. The Morgan fingerprint density at radius 3 is 3.00 bits per heavy atom. The van der Waals surface area contributed by atoms with E-state index < -0.39 is 0 Å². The van der Waals surface area contributed by atoms with Crippen LogP contribution >= 0.6 is 0 Å². The smallest absolute Gasteiger partial charge is 0.274 e. The number of hydroxylamine groups is 1. The van der Waals surface area contributed by atoms with Gasteiger partial charge in [0.1, 0.15) is 0 Å². The Balaban J connectivity index is 2.88. The lowest BCUT2D eigenvalue weighted by Crippen LogP contribution is -2.21. The zero-order valence-corrected chi connectivity index (χ0v) is 7.41. The average molecular weight is 177 g/mol. The Morgan fingerprint density at radius 2 is 2.38 bits per heavy atom. The first-order valence-corrected chi connectivity index (χ1v) is 3.83. The molecule has 1 amide bonds. The molecule has 0 aliphatic heterocycles. The van der Waals surface area contributed by atoms with Crippen molar-refractivity contribution in [1.82, 2.24) is 5.48 Å². The molecule has 3 heteroatoms. The van der Waals surface area contributed by atoms with Crippen LogP contribution in [0.15, 0.2) is 30.8 Å². The van der Waals surface area contributed by atoms with Gasteiger partial charge in [0, 0.05) is 5.56 Å². The number of hydrogen-bond donors (Lipinski definition) is 1. The van der Waals surface area contributed by atoms with Gasteiger partial charge in [0.2, 0.25) is 0 Å². The molecule has 0 saturated carbocycles. The SMILES string of the molecule is C=Cc1cccc(C(=O)NOC)c1. The van der Waals surface area contributed by atoms with E-state index in [-0.39, 0.29) is 5.91 Å². The lowest BCUT2D eigenvalue weighted by atomic mass is 10.1. The summed E-state index contributed by atoms with van der Waals surface area (Å²) < 4.78 is 0. The van der Waals surface area contributed by atoms with Crippen molar-refractivity contribution in [2.24, 2.45) is 0 Å². The highest BCUT2D eigenvalue weighted by Gasteiger charge is 2.03. The van der Waals surface area contributed by atoms with Crippen LogP contribution in [0.2, 0.25) is 0 Å². The fraction of sp³-hybridized carbons (Fsp3) is 0.100. The fourth-order valence-corrected chi connectivity index (χ4v) is 0.958. The summed E-state index contributed by atoms with van der Waals surface area (Å²) in [5.74, 6) is -0.258. The standard InChI is InChI=1S/C10H11NO2/c1-3-8-5-4-6-9(7-8)10(12)11-13-2/h3-7H,1H2,2H3,(H,11,12). The Morgan fingerprint density at radius 1 is 1.62 bits per heavy atom. The highest BCUT2D eigenvalue weighted by Crippen LogP contribution is 2.05. The van der Waals surface area contributed by atoms with E-state index in [4.69, 9.17) is 0 Å². The van der Waals surface area contributed by atoms with E-state index in [0.29, 0.717) is 5.56 Å². The predicted octanol–water partition coefficient (Wildman–Crippen LogP) is 1.62. The molecule has 1 rings (SSSR count). The van der Waals surface area contributed by atoms with E-state index in [1.165, 1.54) is 7.11 Å². The van der Waals surface area contributed by atoms with Crippen LogP contribution in [0.4, 0.5) is 0 Å². The maximum Gasteiger partial charge on any atom is 0.274 e. The summed E-state index contributed by atoms with van der Waals surface area (Å²) in [7, 11) is 1.40. The molecule has 1 aromatic carbocycles. The van der Waals surface area contributed by atoms with E-state index >= 15 is 0 Å². The van der Waals surface area contributed by atoms with Crippen molar-refractivity contribution in [3.05, 3.63) is 42.0 Å². The van der Waals surface area contributed by atoms with Gasteiger partial charge in [-0.05, 0) is 17.7 Å². The number of nitrogens with one attached hydrogen (secondary N) is 1. The maximum atomic E-state index is 11.2. The number of benzene rings is 1. The Bertz CT molecular complexity index is 320. The fourth-order valence-electron chi connectivity index (χ4n) is 0.958. The van der Waals surface area contributed by atoms with Crippen LogP contribution in [0, 0.1) is 0 Å². The minimum atomic E-state index is -0.258. The highest BCUT2D eigenvalue weighted by molar-refractivity contribution is 5.93. The van der Waals surface area contributed by atoms with Crippen molar-refractivity contribution in [3.8, 4) is 0 Å². The summed E-state index contributed by atoms with van der Waals surface area (Å²) in [6.07, 6.45) is 1.68. The molecule has 0 spiro atoms. The van der Waals surface area contributed by atoms with Gasteiger partial charge in [0.25, 0.3) is 5.91 Å². The van der Waals surface area contributed by atoms with Crippen LogP contribution in [-0.4, -0.2) is 13.0 Å². The van der Waals surface area contributed by atoms with Crippen molar-refractivity contribution < 1.29 is 9.63 Å². The molecule has 68 valence electrons. The Labute approximate surface area is 77.0 Å². The molecule has 0 saturated heterocycles. The molecule has 0 atom stereocenters. The summed E-state index contributed by atoms with van der Waals surface area (Å²) >= 11 is 0. The zero-order valence-electron chi connectivity index (χ0n) is 7.41. The molecule has 0 aromatic heterocycles. The lowest BCUT2D eigenvalue weighted by molar-refractivity contribution is 0.0537. The summed E-state index contributed by atoms with van der Waals surface area (Å²) in [5.41, 5.74) is 3.70. The van der Waals surface area contributed by atoms with Gasteiger partial charge in [-0.15, -0.1) is 0 Å². The molecular formula is C10H11NO2. The molecule has 0 radical (unpaired) electrons. The summed E-state index contributed by atoms with van der Waals surface area (Å²) in [4.78, 5) is 15.7. The molecular weight excluding hydrogens is 166 g/mol. The first-order chi connectivity index (χ1) is 6.27. The second-order valence-electron chi connectivity index (χ2n) is 2.46. The van der Waals surface area contributed by atoms with E-state index in [1.54, 1.807) is 24.3 Å². The molecule has 1 N–H and O–H groups in total. The number of rotatable bonds is 3. The van der Waals surface area contributed by atoms with Crippen LogP contribution in [0.25, 0.3) is 6.08 Å². The third-order valence-corrected chi connectivity index (χ3v) is 1.58. The van der Waals surface area contributed by atoms with Crippen LogP contribution in [0.3, 0.4) is 0 Å². The lowest BCUT2D eigenvalue weighted by Gasteiger charge is -2.02. The van der Waals surface area contributed by atoms with Crippen molar-refractivity contribution >= 4 is 12.0 Å². The third kappa shape index (κ3) is 2.42. The Hall–Kier alpha value is -1.61. The Kier molecular flexibility index (Phi) is 3.23. The number of carbonyl (C=O) groups is 1. The largest absolute Gasteiger partial charge is 0.277 e. The predicted molar refractivity (Wildman–Crippen MR) is 51.0 cm³/mol. The first-order valence-electron chi connectivity index (χ1n) is 3.83. The summed E-state index contributed by atoms with van der Waals surface area (Å²) in [6, 6.07) is 7.11. The van der Waals surface area contributed by atoms with Crippen molar-refractivity contribution in [2.45, 2.75) is 0 Å². The van der Waals surface area contributed by atoms with Crippen molar-refractivity contribution in [2.75, 3.05) is 7.11 Å². The molecule has 0 fully saturated rings. The second kappa shape index (κ2) is 4.42. The van der Waals surface area contributed by atoms with Gasteiger partial charge < -0.3 is 0 Å². The monoisotopic (exact) mass is 177 g/mol. The molecule has 1 aromatic rings. The maximum absolute atomic E-state index is 11.2. The number of carbonyl (C=O) groups excluding carboxylic acids is 1. The number of hydrogen-bond acceptors (Lipinski definition) is 2.